The number of pyridine rings is 1. The van der Waals surface area contributed by atoms with Gasteiger partial charge in [0.1, 0.15) is 5.01 Å². The van der Waals surface area contributed by atoms with Crippen LogP contribution in [-0.4, -0.2) is 24.9 Å². The first-order valence-corrected chi connectivity index (χ1v) is 7.86. The predicted molar refractivity (Wildman–Crippen MR) is 84.3 cm³/mol. The molecule has 0 aliphatic rings. The van der Waals surface area contributed by atoms with Gasteiger partial charge in [0.15, 0.2) is 17.3 Å². The summed E-state index contributed by atoms with van der Waals surface area (Å²) in [5, 5.41) is 15.7. The van der Waals surface area contributed by atoms with Gasteiger partial charge in [-0.25, -0.2) is 14.5 Å². The van der Waals surface area contributed by atoms with Gasteiger partial charge in [0.25, 0.3) is 0 Å². The molecule has 1 atom stereocenters. The Labute approximate surface area is 135 Å². The molecule has 0 saturated carbocycles. The number of nitriles is 1. The number of hydrogen-bond acceptors (Lipinski definition) is 6. The Morgan fingerprint density at radius 3 is 2.96 bits per heavy atom. The van der Waals surface area contributed by atoms with Gasteiger partial charge in [0, 0.05) is 23.7 Å². The number of fused-ring (bicyclic) bond motifs is 1. The lowest BCUT2D eigenvalue weighted by atomic mass is 10.0. The van der Waals surface area contributed by atoms with Crippen molar-refractivity contribution in [1.29, 1.82) is 5.26 Å². The van der Waals surface area contributed by atoms with Crippen molar-refractivity contribution in [1.82, 2.24) is 19.2 Å². The molecule has 116 valence electrons. The Balaban J connectivity index is 1.76. The third-order valence-electron chi connectivity index (χ3n) is 3.39. The van der Waals surface area contributed by atoms with Crippen LogP contribution in [0.2, 0.25) is 0 Å². The standard InChI is InChI=1S/C15H13N5O2S/c1-10-9-23-14(17-10)11(8-16)12(21)5-7-20-15(22)19-6-3-2-4-13(19)18-20/h2-4,6,9,11H,5,7H2,1H3/t11-/m0/s1. The van der Waals surface area contributed by atoms with E-state index in [2.05, 4.69) is 10.1 Å². The normalized spacial score (nSPS) is 12.2. The van der Waals surface area contributed by atoms with Gasteiger partial charge < -0.3 is 0 Å². The summed E-state index contributed by atoms with van der Waals surface area (Å²) >= 11 is 1.30. The molecule has 3 heterocycles. The van der Waals surface area contributed by atoms with Gasteiger partial charge in [0.05, 0.1) is 12.6 Å². The Morgan fingerprint density at radius 2 is 2.30 bits per heavy atom. The fourth-order valence-electron chi connectivity index (χ4n) is 2.24. The average molecular weight is 327 g/mol. The first-order chi connectivity index (χ1) is 11.1. The molecule has 7 nitrogen and oxygen atoms in total. The van der Waals surface area contributed by atoms with Gasteiger partial charge in [-0.2, -0.15) is 5.26 Å². The molecule has 0 unspecified atom stereocenters. The molecule has 0 aliphatic heterocycles. The second-order valence-electron chi connectivity index (χ2n) is 5.04. The highest BCUT2D eigenvalue weighted by Crippen LogP contribution is 2.21. The maximum absolute atomic E-state index is 12.3. The monoisotopic (exact) mass is 327 g/mol. The molecule has 0 bridgehead atoms. The molecule has 0 N–H and O–H groups in total. The van der Waals surface area contributed by atoms with Gasteiger partial charge in [-0.3, -0.25) is 9.20 Å². The van der Waals surface area contributed by atoms with Crippen LogP contribution >= 0.6 is 11.3 Å². The van der Waals surface area contributed by atoms with Crippen LogP contribution in [0.3, 0.4) is 0 Å². The van der Waals surface area contributed by atoms with E-state index in [0.717, 1.165) is 5.69 Å². The van der Waals surface area contributed by atoms with Gasteiger partial charge >= 0.3 is 5.69 Å². The number of Topliss-reactive ketones (excluding diaryl/α,β-unsaturated/α-hetero) is 1. The number of nitrogens with zero attached hydrogens (tertiary/aromatic N) is 5. The number of ketones is 1. The van der Waals surface area contributed by atoms with E-state index >= 15 is 0 Å². The molecular weight excluding hydrogens is 314 g/mol. The van der Waals surface area contributed by atoms with Crippen molar-refractivity contribution in [2.24, 2.45) is 0 Å². The van der Waals surface area contributed by atoms with E-state index in [1.54, 1.807) is 29.8 Å². The van der Waals surface area contributed by atoms with Crippen molar-refractivity contribution in [3.8, 4) is 6.07 Å². The van der Waals surface area contributed by atoms with E-state index in [9.17, 15) is 14.9 Å². The van der Waals surface area contributed by atoms with Crippen molar-refractivity contribution in [2.75, 3.05) is 0 Å². The summed E-state index contributed by atoms with van der Waals surface area (Å²) in [6, 6.07) is 7.24. The maximum atomic E-state index is 12.3. The van der Waals surface area contributed by atoms with Gasteiger partial charge in [-0.15, -0.1) is 16.4 Å². The number of aromatic nitrogens is 4. The van der Waals surface area contributed by atoms with Crippen LogP contribution in [0.25, 0.3) is 5.65 Å². The quantitative estimate of drug-likeness (QED) is 0.708. The molecule has 0 radical (unpaired) electrons. The molecule has 0 amide bonds. The van der Waals surface area contributed by atoms with Crippen LogP contribution in [0.4, 0.5) is 0 Å². The Morgan fingerprint density at radius 1 is 1.48 bits per heavy atom. The smallest absolute Gasteiger partial charge is 0.298 e. The molecule has 3 aromatic heterocycles. The number of aryl methyl sites for hydroxylation is 2. The predicted octanol–water partition coefficient (Wildman–Crippen LogP) is 1.53. The Bertz CT molecular complexity index is 962. The van der Waals surface area contributed by atoms with Crippen LogP contribution in [0, 0.1) is 18.3 Å². The Kier molecular flexibility index (Phi) is 4.04. The second kappa shape index (κ2) is 6.14. The third-order valence-corrected chi connectivity index (χ3v) is 4.42. The van der Waals surface area contributed by atoms with Gasteiger partial charge in [0.2, 0.25) is 0 Å². The van der Waals surface area contributed by atoms with E-state index in [-0.39, 0.29) is 24.4 Å². The fraction of sp³-hybridized carbons (Fsp3) is 0.267. The highest BCUT2D eigenvalue weighted by molar-refractivity contribution is 7.09. The topological polar surface area (TPSA) is 93.0 Å². The van der Waals surface area contributed by atoms with E-state index < -0.39 is 5.92 Å². The van der Waals surface area contributed by atoms with Crippen LogP contribution in [0.1, 0.15) is 23.0 Å². The van der Waals surface area contributed by atoms with E-state index in [4.69, 9.17) is 0 Å². The lowest BCUT2D eigenvalue weighted by Gasteiger charge is -2.04. The van der Waals surface area contributed by atoms with Crippen molar-refractivity contribution in [3.05, 3.63) is 51.0 Å². The average Bonchev–Trinajstić information content (AvgIpc) is 3.11. The lowest BCUT2D eigenvalue weighted by molar-refractivity contribution is -0.119. The lowest BCUT2D eigenvalue weighted by Crippen LogP contribution is -2.23. The highest BCUT2D eigenvalue weighted by Gasteiger charge is 2.23. The number of thiazole rings is 1. The minimum Gasteiger partial charge on any atom is -0.298 e. The SMILES string of the molecule is Cc1csc([C@@H](C#N)C(=O)CCn2nc3ccccn3c2=O)n1. The highest BCUT2D eigenvalue weighted by atomic mass is 32.1. The summed E-state index contributed by atoms with van der Waals surface area (Å²) in [7, 11) is 0. The van der Waals surface area contributed by atoms with Gasteiger partial charge in [-0.1, -0.05) is 6.07 Å². The third kappa shape index (κ3) is 2.91. The zero-order valence-electron chi connectivity index (χ0n) is 12.3. The molecule has 3 rings (SSSR count). The first-order valence-electron chi connectivity index (χ1n) is 6.98. The van der Waals surface area contributed by atoms with Crippen molar-refractivity contribution in [2.45, 2.75) is 25.8 Å². The molecule has 0 fully saturated rings. The minimum absolute atomic E-state index is 0.0562. The zero-order chi connectivity index (χ0) is 16.4. The minimum atomic E-state index is -0.888. The molecule has 0 aromatic carbocycles. The molecular formula is C15H13N5O2S. The van der Waals surface area contributed by atoms with Gasteiger partial charge in [-0.05, 0) is 19.1 Å². The fourth-order valence-corrected chi connectivity index (χ4v) is 3.10. The van der Waals surface area contributed by atoms with Crippen LogP contribution in [0.5, 0.6) is 0 Å². The summed E-state index contributed by atoms with van der Waals surface area (Å²) in [6.07, 6.45) is 1.68. The van der Waals surface area contributed by atoms with Crippen molar-refractivity contribution >= 4 is 22.8 Å². The molecule has 0 saturated heterocycles. The van der Waals surface area contributed by atoms with Crippen molar-refractivity contribution in [3.63, 3.8) is 0 Å². The second-order valence-corrected chi connectivity index (χ2v) is 5.93. The van der Waals surface area contributed by atoms with Crippen LogP contribution in [-0.2, 0) is 11.3 Å². The summed E-state index contributed by atoms with van der Waals surface area (Å²) in [5.74, 6) is -1.15. The molecule has 0 spiro atoms. The number of carbonyl (C=O) groups is 1. The molecule has 23 heavy (non-hydrogen) atoms. The van der Waals surface area contributed by atoms with Crippen molar-refractivity contribution < 1.29 is 4.79 Å². The van der Waals surface area contributed by atoms with Crippen LogP contribution < -0.4 is 5.69 Å². The summed E-state index contributed by atoms with van der Waals surface area (Å²) in [4.78, 5) is 28.6. The summed E-state index contributed by atoms with van der Waals surface area (Å²) in [5.41, 5.74) is 1.01. The Hall–Kier alpha value is -2.79. The molecule has 8 heteroatoms. The zero-order valence-corrected chi connectivity index (χ0v) is 13.2. The largest absolute Gasteiger partial charge is 0.350 e. The number of carbonyl (C=O) groups excluding carboxylic acids is 1. The number of hydrogen-bond donors (Lipinski definition) is 0. The molecule has 3 aromatic rings. The first kappa shape index (κ1) is 15.1. The van der Waals surface area contributed by atoms with Crippen LogP contribution in [0.15, 0.2) is 34.6 Å². The number of rotatable bonds is 5. The maximum Gasteiger partial charge on any atom is 0.350 e. The van der Waals surface area contributed by atoms with E-state index in [0.29, 0.717) is 10.7 Å². The molecule has 0 aliphatic carbocycles. The van der Waals surface area contributed by atoms with E-state index in [1.807, 2.05) is 13.0 Å². The summed E-state index contributed by atoms with van der Waals surface area (Å²) in [6.45, 7) is 1.96. The summed E-state index contributed by atoms with van der Waals surface area (Å²) < 4.78 is 2.66. The van der Waals surface area contributed by atoms with E-state index in [1.165, 1.54) is 20.4 Å².